The average molecular weight is 394 g/mol. The Kier molecular flexibility index (Phi) is 4.71. The van der Waals surface area contributed by atoms with Crippen LogP contribution in [0.4, 0.5) is 4.39 Å². The largest absolute Gasteiger partial charge is 0.319 e. The number of pyridine rings is 2. The van der Waals surface area contributed by atoms with Crippen molar-refractivity contribution in [2.24, 2.45) is 12.8 Å². The van der Waals surface area contributed by atoms with E-state index in [2.05, 4.69) is 4.98 Å². The molecule has 4 rings (SSSR count). The zero-order chi connectivity index (χ0) is 19.8. The summed E-state index contributed by atoms with van der Waals surface area (Å²) in [4.78, 5) is 16.9. The third-order valence-corrected chi connectivity index (χ3v) is 5.09. The van der Waals surface area contributed by atoms with E-state index < -0.39 is 6.04 Å². The van der Waals surface area contributed by atoms with E-state index in [1.807, 2.05) is 18.2 Å². The highest BCUT2D eigenvalue weighted by Gasteiger charge is 2.15. The van der Waals surface area contributed by atoms with Gasteiger partial charge in [-0.25, -0.2) is 4.39 Å². The van der Waals surface area contributed by atoms with E-state index in [9.17, 15) is 9.18 Å². The molecule has 2 heterocycles. The summed E-state index contributed by atoms with van der Waals surface area (Å²) >= 11 is 5.95. The molecule has 0 saturated heterocycles. The Labute approximate surface area is 166 Å². The summed E-state index contributed by atoms with van der Waals surface area (Å²) in [7, 11) is 1.68. The quantitative estimate of drug-likeness (QED) is 0.559. The summed E-state index contributed by atoms with van der Waals surface area (Å²) in [5, 5.41) is 1.41. The fraction of sp³-hybridized carbons (Fsp3) is 0.0909. The smallest absolute Gasteiger partial charge is 0.251 e. The number of benzene rings is 2. The van der Waals surface area contributed by atoms with Crippen molar-refractivity contribution in [1.29, 1.82) is 0 Å². The van der Waals surface area contributed by atoms with E-state index >= 15 is 0 Å². The van der Waals surface area contributed by atoms with Crippen LogP contribution in [-0.4, -0.2) is 9.55 Å². The van der Waals surface area contributed by atoms with Gasteiger partial charge in [0.25, 0.3) is 5.56 Å². The Hall–Kier alpha value is -3.02. The van der Waals surface area contributed by atoms with Gasteiger partial charge >= 0.3 is 0 Å². The van der Waals surface area contributed by atoms with Crippen molar-refractivity contribution in [1.82, 2.24) is 9.55 Å². The van der Waals surface area contributed by atoms with E-state index in [1.165, 1.54) is 22.8 Å². The number of fused-ring (bicyclic) bond motifs is 1. The topological polar surface area (TPSA) is 60.9 Å². The summed E-state index contributed by atoms with van der Waals surface area (Å²) in [6.07, 6.45) is 1.63. The number of aryl methyl sites for hydroxylation is 1. The zero-order valence-corrected chi connectivity index (χ0v) is 15.8. The van der Waals surface area contributed by atoms with Crippen molar-refractivity contribution >= 4 is 22.5 Å². The van der Waals surface area contributed by atoms with Crippen LogP contribution >= 0.6 is 11.6 Å². The van der Waals surface area contributed by atoms with Crippen molar-refractivity contribution < 1.29 is 4.39 Å². The van der Waals surface area contributed by atoms with Gasteiger partial charge in [-0.05, 0) is 47.0 Å². The van der Waals surface area contributed by atoms with Crippen molar-refractivity contribution in [3.05, 3.63) is 99.3 Å². The number of halogens is 2. The maximum atomic E-state index is 13.8. The molecule has 4 aromatic rings. The molecule has 0 amide bonds. The van der Waals surface area contributed by atoms with Crippen LogP contribution in [0.15, 0.2) is 71.7 Å². The molecule has 0 aliphatic heterocycles. The van der Waals surface area contributed by atoms with Crippen LogP contribution in [0.25, 0.3) is 22.0 Å². The van der Waals surface area contributed by atoms with E-state index in [0.29, 0.717) is 27.4 Å². The fourth-order valence-electron chi connectivity index (χ4n) is 3.27. The Morgan fingerprint density at radius 1 is 1.11 bits per heavy atom. The van der Waals surface area contributed by atoms with Gasteiger partial charge in [-0.15, -0.1) is 0 Å². The molecular weight excluding hydrogens is 377 g/mol. The Morgan fingerprint density at radius 3 is 2.57 bits per heavy atom. The maximum Gasteiger partial charge on any atom is 0.251 e. The van der Waals surface area contributed by atoms with Crippen LogP contribution in [0, 0.1) is 5.82 Å². The van der Waals surface area contributed by atoms with E-state index in [-0.39, 0.29) is 11.4 Å². The van der Waals surface area contributed by atoms with Gasteiger partial charge in [-0.2, -0.15) is 0 Å². The van der Waals surface area contributed by atoms with Gasteiger partial charge in [-0.1, -0.05) is 35.9 Å². The van der Waals surface area contributed by atoms with Gasteiger partial charge < -0.3 is 10.3 Å². The van der Waals surface area contributed by atoms with Gasteiger partial charge in [0.1, 0.15) is 5.82 Å². The van der Waals surface area contributed by atoms with E-state index in [4.69, 9.17) is 17.3 Å². The first-order valence-electron chi connectivity index (χ1n) is 8.71. The highest BCUT2D eigenvalue weighted by atomic mass is 35.5. The fourth-order valence-corrected chi connectivity index (χ4v) is 3.40. The number of aromatic nitrogens is 2. The van der Waals surface area contributed by atoms with Crippen LogP contribution in [0.5, 0.6) is 0 Å². The minimum Gasteiger partial charge on any atom is -0.319 e. The molecular formula is C22H17ClFN3O. The molecule has 140 valence electrons. The van der Waals surface area contributed by atoms with Crippen molar-refractivity contribution in [2.45, 2.75) is 6.04 Å². The minimum absolute atomic E-state index is 0.191. The minimum atomic E-state index is -0.459. The number of hydrogen-bond donors (Lipinski definition) is 1. The Morgan fingerprint density at radius 2 is 1.86 bits per heavy atom. The normalized spacial score (nSPS) is 12.3. The third kappa shape index (κ3) is 3.30. The molecule has 1 atom stereocenters. The van der Waals surface area contributed by atoms with Crippen LogP contribution in [0.2, 0.25) is 5.02 Å². The first-order valence-corrected chi connectivity index (χ1v) is 9.08. The predicted octanol–water partition coefficient (Wildman–Crippen LogP) is 4.44. The molecule has 2 N–H and O–H groups in total. The highest BCUT2D eigenvalue weighted by molar-refractivity contribution is 6.30. The van der Waals surface area contributed by atoms with Crippen LogP contribution in [0.3, 0.4) is 0 Å². The first-order chi connectivity index (χ1) is 13.4. The summed E-state index contributed by atoms with van der Waals surface area (Å²) in [6.45, 7) is 0. The zero-order valence-electron chi connectivity index (χ0n) is 15.1. The second kappa shape index (κ2) is 7.19. The molecule has 2 aromatic carbocycles. The summed E-state index contributed by atoms with van der Waals surface area (Å²) in [5.74, 6) is -0.363. The van der Waals surface area contributed by atoms with Crippen LogP contribution < -0.4 is 11.3 Å². The number of hydrogen-bond acceptors (Lipinski definition) is 3. The molecule has 0 fully saturated rings. The van der Waals surface area contributed by atoms with Gasteiger partial charge in [0, 0.05) is 23.5 Å². The molecule has 0 saturated carbocycles. The summed E-state index contributed by atoms with van der Waals surface area (Å²) < 4.78 is 15.3. The molecule has 0 radical (unpaired) electrons. The monoisotopic (exact) mass is 393 g/mol. The SMILES string of the molecule is Cn1c(=O)cc(-c2cccc(F)c2)c2cc(C(N)c3ccc(Cl)cc3)ncc21. The second-order valence-electron chi connectivity index (χ2n) is 6.62. The van der Waals surface area contributed by atoms with Gasteiger partial charge in [0.05, 0.1) is 23.4 Å². The molecule has 0 aliphatic rings. The maximum absolute atomic E-state index is 13.8. The molecule has 0 aliphatic carbocycles. The Bertz CT molecular complexity index is 1230. The summed E-state index contributed by atoms with van der Waals surface area (Å²) in [5.41, 5.74) is 9.65. The second-order valence-corrected chi connectivity index (χ2v) is 7.06. The van der Waals surface area contributed by atoms with E-state index in [1.54, 1.807) is 37.5 Å². The lowest BCUT2D eigenvalue weighted by atomic mass is 9.98. The van der Waals surface area contributed by atoms with Crippen molar-refractivity contribution in [3.63, 3.8) is 0 Å². The predicted molar refractivity (Wildman–Crippen MR) is 110 cm³/mol. The molecule has 4 nitrogen and oxygen atoms in total. The first kappa shape index (κ1) is 18.3. The van der Waals surface area contributed by atoms with Crippen LogP contribution in [-0.2, 0) is 7.05 Å². The van der Waals surface area contributed by atoms with Gasteiger partial charge in [0.2, 0.25) is 0 Å². The molecule has 2 aromatic heterocycles. The number of rotatable bonds is 3. The van der Waals surface area contributed by atoms with Gasteiger partial charge in [-0.3, -0.25) is 9.78 Å². The lowest BCUT2D eigenvalue weighted by Gasteiger charge is -2.15. The third-order valence-electron chi connectivity index (χ3n) is 4.84. The van der Waals surface area contributed by atoms with Crippen molar-refractivity contribution in [2.75, 3.05) is 0 Å². The number of nitrogens with two attached hydrogens (primary N) is 1. The lowest BCUT2D eigenvalue weighted by molar-refractivity contribution is 0.628. The lowest BCUT2D eigenvalue weighted by Crippen LogP contribution is -2.18. The molecule has 0 spiro atoms. The molecule has 28 heavy (non-hydrogen) atoms. The standard InChI is InChI=1S/C22H17ClFN3O/c1-27-20-12-26-19(22(25)13-5-7-15(23)8-6-13)10-18(20)17(11-21(27)28)14-3-2-4-16(24)9-14/h2-12,22H,25H2,1H3. The Balaban J connectivity index is 1.92. The van der Waals surface area contributed by atoms with Crippen LogP contribution in [0.1, 0.15) is 17.3 Å². The molecule has 0 bridgehead atoms. The molecule has 1 unspecified atom stereocenters. The van der Waals surface area contributed by atoms with E-state index in [0.717, 1.165) is 10.9 Å². The number of nitrogens with zero attached hydrogens (tertiary/aromatic N) is 2. The van der Waals surface area contributed by atoms with Gasteiger partial charge in [0.15, 0.2) is 0 Å². The summed E-state index contributed by atoms with van der Waals surface area (Å²) in [6, 6.07) is 16.3. The molecule has 6 heteroatoms. The van der Waals surface area contributed by atoms with Crippen molar-refractivity contribution in [3.8, 4) is 11.1 Å². The highest BCUT2D eigenvalue weighted by Crippen LogP contribution is 2.30. The average Bonchev–Trinajstić information content (AvgIpc) is 2.70.